The Hall–Kier alpha value is -1.97. The second kappa shape index (κ2) is 10.7. The lowest BCUT2D eigenvalue weighted by Crippen LogP contribution is -2.27. The minimum Gasteiger partial charge on any atom is -0.493 e. The van der Waals surface area contributed by atoms with Crippen LogP contribution in [-0.2, 0) is 4.79 Å². The predicted octanol–water partition coefficient (Wildman–Crippen LogP) is 4.05. The highest BCUT2D eigenvalue weighted by Gasteiger charge is 2.07. The predicted molar refractivity (Wildman–Crippen MR) is 94.9 cm³/mol. The van der Waals surface area contributed by atoms with Gasteiger partial charge in [0.15, 0.2) is 11.5 Å². The zero-order valence-corrected chi connectivity index (χ0v) is 14.7. The third-order valence-corrected chi connectivity index (χ3v) is 3.94. The summed E-state index contributed by atoms with van der Waals surface area (Å²) in [5, 5.41) is 2.98. The van der Waals surface area contributed by atoms with Gasteiger partial charge in [0.25, 0.3) is 0 Å². The molecule has 0 saturated heterocycles. The summed E-state index contributed by atoms with van der Waals surface area (Å²) in [6.07, 6.45) is 8.03. The van der Waals surface area contributed by atoms with Gasteiger partial charge in [-0.1, -0.05) is 39.2 Å². The van der Waals surface area contributed by atoms with Crippen LogP contribution in [-0.4, -0.2) is 26.7 Å². The highest BCUT2D eigenvalue weighted by molar-refractivity contribution is 5.91. The minimum atomic E-state index is -0.0604. The smallest absolute Gasteiger partial charge is 0.244 e. The number of carbonyl (C=O) groups excluding carboxylic acids is 1. The Bertz CT molecular complexity index is 511. The molecule has 0 aliphatic heterocycles. The second-order valence-corrected chi connectivity index (χ2v) is 5.61. The van der Waals surface area contributed by atoms with E-state index < -0.39 is 0 Å². The zero-order chi connectivity index (χ0) is 17.1. The maximum absolute atomic E-state index is 11.9. The molecule has 0 aromatic heterocycles. The fraction of sp³-hybridized carbons (Fsp3) is 0.526. The number of rotatable bonds is 10. The Labute approximate surface area is 139 Å². The second-order valence-electron chi connectivity index (χ2n) is 5.61. The fourth-order valence-electron chi connectivity index (χ4n) is 2.38. The summed E-state index contributed by atoms with van der Waals surface area (Å²) in [5.41, 5.74) is 0.899. The molecule has 23 heavy (non-hydrogen) atoms. The van der Waals surface area contributed by atoms with E-state index in [1.807, 2.05) is 18.2 Å². The number of hydrogen-bond acceptors (Lipinski definition) is 3. The normalized spacial score (nSPS) is 12.2. The van der Waals surface area contributed by atoms with Gasteiger partial charge in [-0.15, -0.1) is 0 Å². The molecule has 0 bridgehead atoms. The highest BCUT2D eigenvalue weighted by Crippen LogP contribution is 2.27. The van der Waals surface area contributed by atoms with E-state index >= 15 is 0 Å². The van der Waals surface area contributed by atoms with Gasteiger partial charge in [-0.25, -0.2) is 0 Å². The van der Waals surface area contributed by atoms with Gasteiger partial charge in [-0.3, -0.25) is 4.79 Å². The average Bonchev–Trinajstić information content (AvgIpc) is 2.59. The topological polar surface area (TPSA) is 47.6 Å². The molecule has 1 aromatic carbocycles. The quantitative estimate of drug-likeness (QED) is 0.662. The molecule has 1 amide bonds. The summed E-state index contributed by atoms with van der Waals surface area (Å²) in [5.74, 6) is 1.83. The van der Waals surface area contributed by atoms with Gasteiger partial charge in [-0.05, 0) is 36.1 Å². The number of carbonyl (C=O) groups is 1. The molecular formula is C19H29NO3. The third kappa shape index (κ3) is 6.76. The van der Waals surface area contributed by atoms with Crippen LogP contribution < -0.4 is 14.8 Å². The third-order valence-electron chi connectivity index (χ3n) is 3.94. The number of methoxy groups -OCH3 is 2. The average molecular weight is 319 g/mol. The van der Waals surface area contributed by atoms with Crippen molar-refractivity contribution in [1.82, 2.24) is 5.32 Å². The molecule has 128 valence electrons. The van der Waals surface area contributed by atoms with Crippen molar-refractivity contribution >= 4 is 12.0 Å². The first-order valence-electron chi connectivity index (χ1n) is 8.32. The standard InChI is InChI=1S/C19H29NO3/c1-5-7-8-15(6-2)14-20-19(21)12-10-16-9-11-17(22-3)18(13-16)23-4/h9-13,15H,5-8,14H2,1-4H3,(H,20,21)/b12-10+. The summed E-state index contributed by atoms with van der Waals surface area (Å²) in [6.45, 7) is 5.11. The van der Waals surface area contributed by atoms with Crippen LogP contribution >= 0.6 is 0 Å². The van der Waals surface area contributed by atoms with Gasteiger partial charge in [0.2, 0.25) is 5.91 Å². The summed E-state index contributed by atoms with van der Waals surface area (Å²) < 4.78 is 10.5. The number of benzene rings is 1. The van der Waals surface area contributed by atoms with Gasteiger partial charge >= 0.3 is 0 Å². The molecule has 0 heterocycles. The maximum atomic E-state index is 11.9. The molecule has 1 aromatic rings. The molecule has 1 N–H and O–H groups in total. The first kappa shape index (κ1) is 19.1. The summed E-state index contributed by atoms with van der Waals surface area (Å²) >= 11 is 0. The molecule has 4 nitrogen and oxygen atoms in total. The highest BCUT2D eigenvalue weighted by atomic mass is 16.5. The van der Waals surface area contributed by atoms with E-state index in [9.17, 15) is 4.79 Å². The van der Waals surface area contributed by atoms with Crippen molar-refractivity contribution in [2.24, 2.45) is 5.92 Å². The zero-order valence-electron chi connectivity index (χ0n) is 14.7. The SMILES string of the molecule is CCCCC(CC)CNC(=O)/C=C/c1ccc(OC)c(OC)c1. The first-order valence-corrected chi connectivity index (χ1v) is 8.32. The number of ether oxygens (including phenoxy) is 2. The summed E-state index contributed by atoms with van der Waals surface area (Å²) in [4.78, 5) is 11.9. The summed E-state index contributed by atoms with van der Waals surface area (Å²) in [7, 11) is 3.20. The van der Waals surface area contributed by atoms with Crippen molar-refractivity contribution in [2.75, 3.05) is 20.8 Å². The minimum absolute atomic E-state index is 0.0604. The van der Waals surface area contributed by atoms with Crippen LogP contribution in [0.25, 0.3) is 6.08 Å². The van der Waals surface area contributed by atoms with Crippen LogP contribution in [0, 0.1) is 5.92 Å². The number of unbranched alkanes of at least 4 members (excludes halogenated alkanes) is 1. The molecule has 1 rings (SSSR count). The van der Waals surface area contributed by atoms with Crippen LogP contribution in [0.2, 0.25) is 0 Å². The largest absolute Gasteiger partial charge is 0.493 e. The van der Waals surface area contributed by atoms with Crippen molar-refractivity contribution in [2.45, 2.75) is 39.5 Å². The van der Waals surface area contributed by atoms with Crippen molar-refractivity contribution in [3.05, 3.63) is 29.8 Å². The molecule has 0 saturated carbocycles. The van der Waals surface area contributed by atoms with E-state index in [0.29, 0.717) is 17.4 Å². The lowest BCUT2D eigenvalue weighted by atomic mass is 9.99. The summed E-state index contributed by atoms with van der Waals surface area (Å²) in [6, 6.07) is 5.56. The fourth-order valence-corrected chi connectivity index (χ4v) is 2.38. The van der Waals surface area contributed by atoms with E-state index in [0.717, 1.165) is 18.5 Å². The number of nitrogens with one attached hydrogen (secondary N) is 1. The van der Waals surface area contributed by atoms with Crippen molar-refractivity contribution in [3.63, 3.8) is 0 Å². The Morgan fingerprint density at radius 1 is 1.22 bits per heavy atom. The molecule has 0 aliphatic rings. The van der Waals surface area contributed by atoms with Crippen LogP contribution in [0.15, 0.2) is 24.3 Å². The molecule has 0 fully saturated rings. The maximum Gasteiger partial charge on any atom is 0.244 e. The van der Waals surface area contributed by atoms with Crippen molar-refractivity contribution in [1.29, 1.82) is 0 Å². The van der Waals surface area contributed by atoms with E-state index in [4.69, 9.17) is 9.47 Å². The monoisotopic (exact) mass is 319 g/mol. The van der Waals surface area contributed by atoms with Crippen molar-refractivity contribution < 1.29 is 14.3 Å². The van der Waals surface area contributed by atoms with Gasteiger partial charge in [0.1, 0.15) is 0 Å². The van der Waals surface area contributed by atoms with Gasteiger partial charge in [0, 0.05) is 12.6 Å². The number of amides is 1. The molecule has 1 unspecified atom stereocenters. The Morgan fingerprint density at radius 3 is 2.57 bits per heavy atom. The Kier molecular flexibility index (Phi) is 8.88. The molecule has 0 radical (unpaired) electrons. The van der Waals surface area contributed by atoms with Crippen LogP contribution in [0.1, 0.15) is 45.1 Å². The lowest BCUT2D eigenvalue weighted by molar-refractivity contribution is -0.116. The van der Waals surface area contributed by atoms with E-state index in [1.165, 1.54) is 19.3 Å². The molecule has 1 atom stereocenters. The van der Waals surface area contributed by atoms with Gasteiger partial charge in [-0.2, -0.15) is 0 Å². The van der Waals surface area contributed by atoms with E-state index in [-0.39, 0.29) is 5.91 Å². The molecular weight excluding hydrogens is 290 g/mol. The van der Waals surface area contributed by atoms with Gasteiger partial charge < -0.3 is 14.8 Å². The van der Waals surface area contributed by atoms with E-state index in [2.05, 4.69) is 19.2 Å². The van der Waals surface area contributed by atoms with E-state index in [1.54, 1.807) is 26.4 Å². The molecule has 4 heteroatoms. The van der Waals surface area contributed by atoms with Crippen LogP contribution in [0.5, 0.6) is 11.5 Å². The number of hydrogen-bond donors (Lipinski definition) is 1. The first-order chi connectivity index (χ1) is 11.1. The van der Waals surface area contributed by atoms with Crippen LogP contribution in [0.4, 0.5) is 0 Å². The molecule has 0 spiro atoms. The van der Waals surface area contributed by atoms with Crippen LogP contribution in [0.3, 0.4) is 0 Å². The van der Waals surface area contributed by atoms with Crippen molar-refractivity contribution in [3.8, 4) is 11.5 Å². The Morgan fingerprint density at radius 2 is 1.96 bits per heavy atom. The van der Waals surface area contributed by atoms with Gasteiger partial charge in [0.05, 0.1) is 14.2 Å². The lowest BCUT2D eigenvalue weighted by Gasteiger charge is -2.14. The Balaban J connectivity index is 2.54. The molecule has 0 aliphatic carbocycles.